The van der Waals surface area contributed by atoms with E-state index in [4.69, 9.17) is 0 Å². The predicted octanol–water partition coefficient (Wildman–Crippen LogP) is 3.33. The fraction of sp³-hybridized carbons (Fsp3) is 0.632. The van der Waals surface area contributed by atoms with Gasteiger partial charge in [-0.25, -0.2) is 0 Å². The molecule has 0 saturated heterocycles. The lowest BCUT2D eigenvalue weighted by atomic mass is 9.97. The van der Waals surface area contributed by atoms with Crippen LogP contribution in [0.15, 0.2) is 12.3 Å². The molecule has 0 atom stereocenters. The lowest BCUT2D eigenvalue weighted by Gasteiger charge is -2.17. The molecule has 136 valence electrons. The molecule has 2 aromatic rings. The molecular weight excluding hydrogens is 314 g/mol. The molecule has 0 aromatic carbocycles. The molecule has 6 heteroatoms. The Kier molecular flexibility index (Phi) is 4.71. The fourth-order valence-electron chi connectivity index (χ4n) is 3.06. The molecule has 3 rings (SSSR count). The van der Waals surface area contributed by atoms with Crippen molar-refractivity contribution in [2.45, 2.75) is 67.0 Å². The molecule has 1 fully saturated rings. The molecule has 1 saturated carbocycles. The van der Waals surface area contributed by atoms with Crippen molar-refractivity contribution in [3.8, 4) is 0 Å². The molecule has 1 N–H and O–H groups in total. The van der Waals surface area contributed by atoms with E-state index in [1.54, 1.807) is 0 Å². The predicted molar refractivity (Wildman–Crippen MR) is 98.4 cm³/mol. The van der Waals surface area contributed by atoms with Gasteiger partial charge in [0.1, 0.15) is 0 Å². The molecule has 0 spiro atoms. The number of aryl methyl sites for hydroxylation is 1. The van der Waals surface area contributed by atoms with Crippen LogP contribution in [0, 0.1) is 25.2 Å². The number of amides is 1. The summed E-state index contributed by atoms with van der Waals surface area (Å²) in [5.74, 6) is 1.33. The Balaban J connectivity index is 1.62. The van der Waals surface area contributed by atoms with Crippen molar-refractivity contribution in [2.24, 2.45) is 11.3 Å². The van der Waals surface area contributed by atoms with Crippen molar-refractivity contribution in [3.63, 3.8) is 0 Å². The highest BCUT2D eigenvalue weighted by Gasteiger charge is 2.24. The highest BCUT2D eigenvalue weighted by Crippen LogP contribution is 2.31. The van der Waals surface area contributed by atoms with Gasteiger partial charge >= 0.3 is 0 Å². The fourth-order valence-corrected chi connectivity index (χ4v) is 3.06. The zero-order valence-electron chi connectivity index (χ0n) is 16.0. The third-order valence-corrected chi connectivity index (χ3v) is 4.54. The van der Waals surface area contributed by atoms with Crippen LogP contribution < -0.4 is 5.32 Å². The second kappa shape index (κ2) is 6.65. The van der Waals surface area contributed by atoms with Gasteiger partial charge in [-0.1, -0.05) is 20.8 Å². The lowest BCUT2D eigenvalue weighted by molar-refractivity contribution is -0.115. The van der Waals surface area contributed by atoms with Crippen molar-refractivity contribution in [1.29, 1.82) is 0 Å². The Morgan fingerprint density at radius 3 is 2.64 bits per heavy atom. The van der Waals surface area contributed by atoms with E-state index in [1.807, 2.05) is 23.9 Å². The first-order chi connectivity index (χ1) is 11.7. The van der Waals surface area contributed by atoms with Gasteiger partial charge in [0.2, 0.25) is 5.91 Å². The number of aromatic nitrogens is 4. The van der Waals surface area contributed by atoms with E-state index in [1.165, 1.54) is 12.8 Å². The van der Waals surface area contributed by atoms with Crippen molar-refractivity contribution >= 4 is 11.7 Å². The summed E-state index contributed by atoms with van der Waals surface area (Å²) in [5, 5.41) is 12.0. The molecule has 0 radical (unpaired) electrons. The van der Waals surface area contributed by atoms with Crippen LogP contribution in [0.2, 0.25) is 0 Å². The number of nitrogens with one attached hydrogen (secondary N) is 1. The van der Waals surface area contributed by atoms with E-state index in [-0.39, 0.29) is 11.3 Å². The van der Waals surface area contributed by atoms with Crippen LogP contribution in [0.1, 0.15) is 50.6 Å². The zero-order chi connectivity index (χ0) is 18.2. The maximum Gasteiger partial charge on any atom is 0.230 e. The van der Waals surface area contributed by atoms with Gasteiger partial charge in [0.15, 0.2) is 5.82 Å². The van der Waals surface area contributed by atoms with Crippen molar-refractivity contribution in [2.75, 3.05) is 5.32 Å². The number of hydrogen-bond donors (Lipinski definition) is 1. The molecule has 0 aliphatic heterocycles. The molecule has 6 nitrogen and oxygen atoms in total. The van der Waals surface area contributed by atoms with E-state index in [2.05, 4.69) is 47.9 Å². The first kappa shape index (κ1) is 17.7. The molecule has 1 amide bonds. The van der Waals surface area contributed by atoms with E-state index < -0.39 is 0 Å². The normalized spacial score (nSPS) is 14.8. The molecule has 0 unspecified atom stereocenters. The number of carbonyl (C=O) groups excluding carboxylic acids is 1. The van der Waals surface area contributed by atoms with Crippen molar-refractivity contribution < 1.29 is 4.79 Å². The van der Waals surface area contributed by atoms with Gasteiger partial charge in [0, 0.05) is 36.6 Å². The van der Waals surface area contributed by atoms with Gasteiger partial charge < -0.3 is 5.32 Å². The Hall–Kier alpha value is -2.11. The minimum atomic E-state index is -0.0434. The first-order valence-electron chi connectivity index (χ1n) is 9.07. The van der Waals surface area contributed by atoms with E-state index >= 15 is 0 Å². The van der Waals surface area contributed by atoms with E-state index in [9.17, 15) is 4.79 Å². The van der Waals surface area contributed by atoms with Gasteiger partial charge in [-0.2, -0.15) is 10.2 Å². The van der Waals surface area contributed by atoms with Gasteiger partial charge in [0.25, 0.3) is 0 Å². The van der Waals surface area contributed by atoms with Crippen LogP contribution in [0.3, 0.4) is 0 Å². The quantitative estimate of drug-likeness (QED) is 0.875. The molecule has 1 aliphatic rings. The van der Waals surface area contributed by atoms with Crippen LogP contribution >= 0.6 is 0 Å². The third kappa shape index (κ3) is 4.71. The summed E-state index contributed by atoms with van der Waals surface area (Å²) in [6.07, 6.45) is 4.84. The van der Waals surface area contributed by atoms with Crippen LogP contribution in [0.5, 0.6) is 0 Å². The van der Waals surface area contributed by atoms with Crippen molar-refractivity contribution in [3.05, 3.63) is 29.2 Å². The van der Waals surface area contributed by atoms with Gasteiger partial charge in [-0.3, -0.25) is 14.2 Å². The zero-order valence-corrected chi connectivity index (χ0v) is 16.0. The van der Waals surface area contributed by atoms with Crippen LogP contribution in [0.25, 0.3) is 0 Å². The molecule has 2 aromatic heterocycles. The molecule has 2 heterocycles. The minimum absolute atomic E-state index is 0.0434. The highest BCUT2D eigenvalue weighted by atomic mass is 16.1. The van der Waals surface area contributed by atoms with Crippen LogP contribution in [-0.4, -0.2) is 25.5 Å². The average Bonchev–Trinajstić information content (AvgIpc) is 3.15. The summed E-state index contributed by atoms with van der Waals surface area (Å²) in [6.45, 7) is 12.3. The molecular formula is C19H29N5O. The maximum atomic E-state index is 12.4. The SMILES string of the molecule is Cc1nn(CC2CC2)c(C)c1CC(=O)Nc1ccn(CC(C)(C)C)n1. The monoisotopic (exact) mass is 343 g/mol. The first-order valence-corrected chi connectivity index (χ1v) is 9.07. The summed E-state index contributed by atoms with van der Waals surface area (Å²) in [7, 11) is 0. The van der Waals surface area contributed by atoms with E-state index in [0.717, 1.165) is 36.0 Å². The number of rotatable bonds is 6. The van der Waals surface area contributed by atoms with Gasteiger partial charge in [0.05, 0.1) is 12.1 Å². The smallest absolute Gasteiger partial charge is 0.230 e. The second-order valence-corrected chi connectivity index (χ2v) is 8.46. The summed E-state index contributed by atoms with van der Waals surface area (Å²) < 4.78 is 3.94. The standard InChI is InChI=1S/C19H29N5O/c1-13-16(14(2)24(21-13)11-15-6-7-15)10-18(25)20-17-8-9-23(22-17)12-19(3,4)5/h8-9,15H,6-7,10-12H2,1-5H3,(H,20,22,25). The highest BCUT2D eigenvalue weighted by molar-refractivity contribution is 5.91. The lowest BCUT2D eigenvalue weighted by Crippen LogP contribution is -2.18. The summed E-state index contributed by atoms with van der Waals surface area (Å²) in [4.78, 5) is 12.4. The summed E-state index contributed by atoms with van der Waals surface area (Å²) >= 11 is 0. The van der Waals surface area contributed by atoms with Gasteiger partial charge in [-0.05, 0) is 38.0 Å². The minimum Gasteiger partial charge on any atom is -0.309 e. The van der Waals surface area contributed by atoms with E-state index in [0.29, 0.717) is 12.2 Å². The molecule has 0 bridgehead atoms. The average molecular weight is 343 g/mol. The largest absolute Gasteiger partial charge is 0.309 e. The Bertz CT molecular complexity index is 761. The topological polar surface area (TPSA) is 64.7 Å². The Morgan fingerprint density at radius 2 is 2.00 bits per heavy atom. The molecule has 25 heavy (non-hydrogen) atoms. The summed E-state index contributed by atoms with van der Waals surface area (Å²) in [5.41, 5.74) is 3.24. The number of nitrogens with zero attached hydrogens (tertiary/aromatic N) is 4. The maximum absolute atomic E-state index is 12.4. The second-order valence-electron chi connectivity index (χ2n) is 8.46. The Morgan fingerprint density at radius 1 is 1.28 bits per heavy atom. The number of anilines is 1. The molecule has 1 aliphatic carbocycles. The number of carbonyl (C=O) groups is 1. The van der Waals surface area contributed by atoms with Crippen LogP contribution in [-0.2, 0) is 24.3 Å². The van der Waals surface area contributed by atoms with Crippen LogP contribution in [0.4, 0.5) is 5.82 Å². The third-order valence-electron chi connectivity index (χ3n) is 4.54. The Labute approximate surface area is 149 Å². The number of hydrogen-bond acceptors (Lipinski definition) is 3. The van der Waals surface area contributed by atoms with Gasteiger partial charge in [-0.15, -0.1) is 0 Å². The summed E-state index contributed by atoms with van der Waals surface area (Å²) in [6, 6.07) is 1.85. The van der Waals surface area contributed by atoms with Crippen molar-refractivity contribution in [1.82, 2.24) is 19.6 Å².